The van der Waals surface area contributed by atoms with Gasteiger partial charge in [0, 0.05) is 12.3 Å². The highest BCUT2D eigenvalue weighted by molar-refractivity contribution is 5.99. The average molecular weight is 431 g/mol. The fourth-order valence-electron chi connectivity index (χ4n) is 8.81. The highest BCUT2D eigenvalue weighted by Crippen LogP contribution is 2.68. The number of fused-ring (bicyclic) bond motifs is 5. The number of aliphatic hydroxyl groups excluding tert-OH is 1. The molecule has 4 aliphatic carbocycles. The van der Waals surface area contributed by atoms with Crippen molar-refractivity contribution in [3.8, 4) is 0 Å². The molecule has 174 valence electrons. The standard InChI is InChI=1S/C27H42O4/c1-6-18-22-15-17(28)11-13-27(22,4)21-12-14-26(3)19(16(2)7-10-23(29)31-5)8-9-20(26)24(21)25(18)30/h6,16-17,19-22,24,28H,7-15H2,1-5H3/b18-6+/t16-,17-,19-,20?,21?,22?,24?,26-,27-/m1/s1. The van der Waals surface area contributed by atoms with Crippen molar-refractivity contribution in [3.05, 3.63) is 11.6 Å². The Labute approximate surface area is 188 Å². The first-order valence-electron chi connectivity index (χ1n) is 12.6. The molecule has 0 amide bonds. The Morgan fingerprint density at radius 3 is 2.52 bits per heavy atom. The molecule has 9 atom stereocenters. The van der Waals surface area contributed by atoms with Crippen LogP contribution in [0.15, 0.2) is 11.6 Å². The van der Waals surface area contributed by atoms with E-state index in [1.165, 1.54) is 20.0 Å². The minimum Gasteiger partial charge on any atom is -0.469 e. The molecule has 0 bridgehead atoms. The summed E-state index contributed by atoms with van der Waals surface area (Å²) in [6.07, 6.45) is 10.4. The molecular weight excluding hydrogens is 388 g/mol. The van der Waals surface area contributed by atoms with Gasteiger partial charge in [-0.05, 0) is 104 Å². The molecule has 0 radical (unpaired) electrons. The summed E-state index contributed by atoms with van der Waals surface area (Å²) in [5.74, 6) is 2.57. The lowest BCUT2D eigenvalue weighted by Crippen LogP contribution is -2.58. The fourth-order valence-corrected chi connectivity index (χ4v) is 8.81. The Bertz CT molecular complexity index is 756. The first-order valence-corrected chi connectivity index (χ1v) is 12.6. The summed E-state index contributed by atoms with van der Waals surface area (Å²) < 4.78 is 4.87. The minimum atomic E-state index is -0.266. The minimum absolute atomic E-state index is 0.117. The SMILES string of the molecule is C/C=C1/C(=O)C2C(CC[C@@]3(C)C2CC[C@@H]3[C@H](C)CCC(=O)OC)[C@@]2(C)CC[C@@H](O)CC12. The number of hydrogen-bond donors (Lipinski definition) is 1. The van der Waals surface area contributed by atoms with Crippen LogP contribution in [0.2, 0.25) is 0 Å². The fraction of sp³-hybridized carbons (Fsp3) is 0.852. The topological polar surface area (TPSA) is 63.6 Å². The summed E-state index contributed by atoms with van der Waals surface area (Å²) in [6.45, 7) is 9.18. The highest BCUT2D eigenvalue weighted by Gasteiger charge is 2.64. The van der Waals surface area contributed by atoms with Gasteiger partial charge in [0.1, 0.15) is 0 Å². The summed E-state index contributed by atoms with van der Waals surface area (Å²) in [7, 11) is 1.47. The van der Waals surface area contributed by atoms with Crippen molar-refractivity contribution in [1.82, 2.24) is 0 Å². The number of methoxy groups -OCH3 is 1. The Morgan fingerprint density at radius 2 is 1.84 bits per heavy atom. The zero-order chi connectivity index (χ0) is 22.6. The zero-order valence-corrected chi connectivity index (χ0v) is 20.2. The van der Waals surface area contributed by atoms with Crippen molar-refractivity contribution in [2.24, 2.45) is 46.3 Å². The molecule has 31 heavy (non-hydrogen) atoms. The van der Waals surface area contributed by atoms with Gasteiger partial charge >= 0.3 is 5.97 Å². The number of esters is 1. The van der Waals surface area contributed by atoms with Crippen LogP contribution in [0.5, 0.6) is 0 Å². The number of ether oxygens (including phenoxy) is 1. The Morgan fingerprint density at radius 1 is 1.16 bits per heavy atom. The molecule has 4 nitrogen and oxygen atoms in total. The molecule has 0 aromatic carbocycles. The third kappa shape index (κ3) is 3.52. The summed E-state index contributed by atoms with van der Waals surface area (Å²) in [5.41, 5.74) is 1.33. The van der Waals surface area contributed by atoms with Crippen LogP contribution in [0.3, 0.4) is 0 Å². The van der Waals surface area contributed by atoms with Gasteiger partial charge in [-0.15, -0.1) is 0 Å². The molecule has 0 aliphatic heterocycles. The molecule has 4 saturated carbocycles. The van der Waals surface area contributed by atoms with Crippen LogP contribution in [0.4, 0.5) is 0 Å². The Hall–Kier alpha value is -1.16. The normalized spacial score (nSPS) is 46.8. The van der Waals surface area contributed by atoms with E-state index < -0.39 is 0 Å². The number of allylic oxidation sites excluding steroid dienone is 2. The van der Waals surface area contributed by atoms with E-state index in [1.807, 2.05) is 6.92 Å². The van der Waals surface area contributed by atoms with Crippen LogP contribution in [-0.2, 0) is 14.3 Å². The summed E-state index contributed by atoms with van der Waals surface area (Å²) >= 11 is 0. The average Bonchev–Trinajstić information content (AvgIpc) is 3.10. The van der Waals surface area contributed by atoms with Gasteiger partial charge in [-0.3, -0.25) is 9.59 Å². The third-order valence-electron chi connectivity index (χ3n) is 10.5. The molecule has 0 spiro atoms. The smallest absolute Gasteiger partial charge is 0.305 e. The highest BCUT2D eigenvalue weighted by atomic mass is 16.5. The summed E-state index contributed by atoms with van der Waals surface area (Å²) in [4.78, 5) is 25.6. The molecule has 4 unspecified atom stereocenters. The first-order chi connectivity index (χ1) is 14.7. The monoisotopic (exact) mass is 430 g/mol. The number of carbonyl (C=O) groups is 2. The molecule has 0 aromatic rings. The summed E-state index contributed by atoms with van der Waals surface area (Å²) in [6, 6.07) is 0. The third-order valence-corrected chi connectivity index (χ3v) is 10.5. The van der Waals surface area contributed by atoms with Gasteiger partial charge in [-0.1, -0.05) is 26.8 Å². The van der Waals surface area contributed by atoms with Crippen LogP contribution >= 0.6 is 0 Å². The zero-order valence-electron chi connectivity index (χ0n) is 20.2. The molecule has 1 N–H and O–H groups in total. The van der Waals surface area contributed by atoms with Crippen molar-refractivity contribution in [2.75, 3.05) is 7.11 Å². The van der Waals surface area contributed by atoms with E-state index in [9.17, 15) is 14.7 Å². The van der Waals surface area contributed by atoms with Crippen LogP contribution in [0.25, 0.3) is 0 Å². The number of carbonyl (C=O) groups excluding carboxylic acids is 2. The van der Waals surface area contributed by atoms with Gasteiger partial charge in [0.2, 0.25) is 0 Å². The van der Waals surface area contributed by atoms with Gasteiger partial charge in [-0.25, -0.2) is 0 Å². The number of ketones is 1. The lowest BCUT2D eigenvalue weighted by Gasteiger charge is -2.61. The second-order valence-electron chi connectivity index (χ2n) is 11.7. The van der Waals surface area contributed by atoms with Crippen molar-refractivity contribution in [1.29, 1.82) is 0 Å². The quantitative estimate of drug-likeness (QED) is 0.484. The molecule has 4 fully saturated rings. The predicted molar refractivity (Wildman–Crippen MR) is 121 cm³/mol. The molecule has 0 aromatic heterocycles. The maximum atomic E-state index is 13.9. The number of Topliss-reactive ketones (excluding diaryl/α,β-unsaturated/α-hetero) is 1. The van der Waals surface area contributed by atoms with Crippen LogP contribution in [0.1, 0.15) is 85.5 Å². The maximum Gasteiger partial charge on any atom is 0.305 e. The number of aliphatic hydroxyl groups is 1. The van der Waals surface area contributed by atoms with Gasteiger partial charge in [0.15, 0.2) is 5.78 Å². The molecular formula is C27H42O4. The number of hydrogen-bond acceptors (Lipinski definition) is 4. The van der Waals surface area contributed by atoms with Crippen molar-refractivity contribution >= 4 is 11.8 Å². The van der Waals surface area contributed by atoms with Gasteiger partial charge in [0.05, 0.1) is 13.2 Å². The van der Waals surface area contributed by atoms with E-state index >= 15 is 0 Å². The predicted octanol–water partition coefficient (Wildman–Crippen LogP) is 5.33. The van der Waals surface area contributed by atoms with E-state index in [0.717, 1.165) is 44.1 Å². The van der Waals surface area contributed by atoms with E-state index in [-0.39, 0.29) is 34.7 Å². The lowest BCUT2D eigenvalue weighted by atomic mass is 9.43. The van der Waals surface area contributed by atoms with E-state index in [4.69, 9.17) is 4.74 Å². The van der Waals surface area contributed by atoms with Crippen LogP contribution < -0.4 is 0 Å². The summed E-state index contributed by atoms with van der Waals surface area (Å²) in [5, 5.41) is 10.4. The van der Waals surface area contributed by atoms with Crippen molar-refractivity contribution < 1.29 is 19.4 Å². The van der Waals surface area contributed by atoms with Crippen molar-refractivity contribution in [3.63, 3.8) is 0 Å². The lowest BCUT2D eigenvalue weighted by molar-refractivity contribution is -0.150. The largest absolute Gasteiger partial charge is 0.469 e. The van der Waals surface area contributed by atoms with Crippen LogP contribution in [-0.4, -0.2) is 30.1 Å². The van der Waals surface area contributed by atoms with E-state index in [2.05, 4.69) is 26.8 Å². The van der Waals surface area contributed by atoms with Gasteiger partial charge in [-0.2, -0.15) is 0 Å². The molecule has 0 saturated heterocycles. The Balaban J connectivity index is 1.61. The van der Waals surface area contributed by atoms with E-state index in [1.54, 1.807) is 0 Å². The number of rotatable bonds is 4. The first kappa shape index (κ1) is 23.0. The van der Waals surface area contributed by atoms with E-state index in [0.29, 0.717) is 35.9 Å². The molecule has 4 aliphatic rings. The molecule has 4 rings (SSSR count). The van der Waals surface area contributed by atoms with Crippen LogP contribution in [0, 0.1) is 46.3 Å². The van der Waals surface area contributed by atoms with Gasteiger partial charge < -0.3 is 9.84 Å². The Kier molecular flexibility index (Phi) is 6.17. The van der Waals surface area contributed by atoms with Crippen molar-refractivity contribution in [2.45, 2.75) is 91.6 Å². The second kappa shape index (κ2) is 8.32. The van der Waals surface area contributed by atoms with Gasteiger partial charge in [0.25, 0.3) is 0 Å². The molecule has 0 heterocycles. The second-order valence-corrected chi connectivity index (χ2v) is 11.7. The maximum absolute atomic E-state index is 13.9. The molecule has 4 heteroatoms.